The molecule has 1 unspecified atom stereocenters. The summed E-state index contributed by atoms with van der Waals surface area (Å²) in [6.45, 7) is 3.37. The largest absolute Gasteiger partial charge is 0.292 e. The van der Waals surface area contributed by atoms with Crippen LogP contribution in [0.1, 0.15) is 22.6 Å². The Labute approximate surface area is 134 Å². The lowest BCUT2D eigenvalue weighted by molar-refractivity contribution is -0.521. The first-order valence-electron chi connectivity index (χ1n) is 7.70. The van der Waals surface area contributed by atoms with Crippen LogP contribution >= 0.6 is 0 Å². The second kappa shape index (κ2) is 6.46. The Morgan fingerprint density at radius 1 is 1.22 bits per heavy atom. The number of hydrogen-bond acceptors (Lipinski definition) is 3. The molecular formula is C18H19FN2O2. The van der Waals surface area contributed by atoms with E-state index in [0.717, 1.165) is 11.1 Å². The van der Waals surface area contributed by atoms with Crippen molar-refractivity contribution in [1.29, 1.82) is 0 Å². The van der Waals surface area contributed by atoms with Crippen LogP contribution in [-0.4, -0.2) is 29.0 Å². The predicted octanol–water partition coefficient (Wildman–Crippen LogP) is 3.38. The lowest BCUT2D eigenvalue weighted by Gasteiger charge is -2.16. The Morgan fingerprint density at radius 3 is 2.65 bits per heavy atom. The Balaban J connectivity index is 1.84. The highest BCUT2D eigenvalue weighted by Crippen LogP contribution is 2.32. The second-order valence-electron chi connectivity index (χ2n) is 6.16. The molecule has 2 aromatic rings. The van der Waals surface area contributed by atoms with Crippen molar-refractivity contribution in [3.8, 4) is 0 Å². The topological polar surface area (TPSA) is 46.4 Å². The van der Waals surface area contributed by atoms with Crippen molar-refractivity contribution in [1.82, 2.24) is 4.90 Å². The molecule has 0 aromatic heterocycles. The number of halogens is 1. The zero-order valence-corrected chi connectivity index (χ0v) is 13.0. The fourth-order valence-corrected chi connectivity index (χ4v) is 3.30. The standard InChI is InChI=1S/C18H19FN2O2/c1-13-7-8-17(19)15(9-13)16-11-20(12-18(16)21(22)23)10-14-5-3-2-4-6-14/h2-9,16,18H,10-12H2,1H3/t16?,18-/m1/s1. The summed E-state index contributed by atoms with van der Waals surface area (Å²) in [5.74, 6) is -0.761. The summed E-state index contributed by atoms with van der Waals surface area (Å²) in [5, 5.41) is 11.4. The van der Waals surface area contributed by atoms with Gasteiger partial charge in [0, 0.05) is 18.0 Å². The highest BCUT2D eigenvalue weighted by Gasteiger charge is 2.42. The molecule has 5 heteroatoms. The van der Waals surface area contributed by atoms with Gasteiger partial charge in [0.1, 0.15) is 5.82 Å². The SMILES string of the molecule is Cc1ccc(F)c(C2CN(Cc3ccccc3)C[C@H]2[N+](=O)[O-])c1. The lowest BCUT2D eigenvalue weighted by atomic mass is 9.93. The molecule has 3 rings (SSSR count). The third kappa shape index (κ3) is 3.40. The number of benzene rings is 2. The van der Waals surface area contributed by atoms with Gasteiger partial charge in [-0.05, 0) is 24.1 Å². The fourth-order valence-electron chi connectivity index (χ4n) is 3.30. The van der Waals surface area contributed by atoms with Crippen LogP contribution in [0.3, 0.4) is 0 Å². The highest BCUT2D eigenvalue weighted by atomic mass is 19.1. The zero-order chi connectivity index (χ0) is 16.4. The van der Waals surface area contributed by atoms with Gasteiger partial charge in [0.2, 0.25) is 6.04 Å². The first kappa shape index (κ1) is 15.6. The Kier molecular flexibility index (Phi) is 4.39. The third-order valence-electron chi connectivity index (χ3n) is 4.44. The van der Waals surface area contributed by atoms with Gasteiger partial charge in [0.05, 0.1) is 12.5 Å². The van der Waals surface area contributed by atoms with E-state index in [1.54, 1.807) is 12.1 Å². The van der Waals surface area contributed by atoms with Crippen LogP contribution in [0.5, 0.6) is 0 Å². The van der Waals surface area contributed by atoms with Crippen molar-refractivity contribution < 1.29 is 9.31 Å². The summed E-state index contributed by atoms with van der Waals surface area (Å²) in [7, 11) is 0. The molecule has 0 spiro atoms. The highest BCUT2D eigenvalue weighted by molar-refractivity contribution is 5.29. The predicted molar refractivity (Wildman–Crippen MR) is 86.4 cm³/mol. The van der Waals surface area contributed by atoms with Gasteiger partial charge in [0.25, 0.3) is 0 Å². The molecule has 0 amide bonds. The van der Waals surface area contributed by atoms with Crippen molar-refractivity contribution >= 4 is 0 Å². The molecule has 0 radical (unpaired) electrons. The average Bonchev–Trinajstić information content (AvgIpc) is 2.94. The molecule has 4 nitrogen and oxygen atoms in total. The smallest absolute Gasteiger partial charge is 0.233 e. The van der Waals surface area contributed by atoms with E-state index >= 15 is 0 Å². The fraction of sp³-hybridized carbons (Fsp3) is 0.333. The summed E-state index contributed by atoms with van der Waals surface area (Å²) in [4.78, 5) is 13.2. The van der Waals surface area contributed by atoms with E-state index in [9.17, 15) is 14.5 Å². The minimum absolute atomic E-state index is 0.266. The van der Waals surface area contributed by atoms with Gasteiger partial charge >= 0.3 is 0 Å². The number of aryl methyl sites for hydroxylation is 1. The first-order valence-corrected chi connectivity index (χ1v) is 7.70. The van der Waals surface area contributed by atoms with Crippen LogP contribution in [0, 0.1) is 22.9 Å². The monoisotopic (exact) mass is 314 g/mol. The normalized spacial score (nSPS) is 21.5. The second-order valence-corrected chi connectivity index (χ2v) is 6.16. The summed E-state index contributed by atoms with van der Waals surface area (Å²) >= 11 is 0. The molecule has 1 fully saturated rings. The quantitative estimate of drug-likeness (QED) is 0.642. The van der Waals surface area contributed by atoms with E-state index in [-0.39, 0.29) is 10.7 Å². The molecule has 1 aliphatic heterocycles. The van der Waals surface area contributed by atoms with Gasteiger partial charge in [-0.1, -0.05) is 48.0 Å². The van der Waals surface area contributed by atoms with E-state index in [0.29, 0.717) is 25.2 Å². The van der Waals surface area contributed by atoms with Gasteiger partial charge in [-0.2, -0.15) is 0 Å². The molecule has 0 aliphatic carbocycles. The van der Waals surface area contributed by atoms with Gasteiger partial charge in [-0.3, -0.25) is 15.0 Å². The molecule has 120 valence electrons. The molecule has 2 aromatic carbocycles. The number of nitro groups is 1. The van der Waals surface area contributed by atoms with Crippen molar-refractivity contribution in [2.45, 2.75) is 25.4 Å². The van der Waals surface area contributed by atoms with Gasteiger partial charge in [0.15, 0.2) is 0 Å². The van der Waals surface area contributed by atoms with Gasteiger partial charge < -0.3 is 0 Å². The van der Waals surface area contributed by atoms with Crippen LogP contribution in [0.25, 0.3) is 0 Å². The molecule has 0 N–H and O–H groups in total. The van der Waals surface area contributed by atoms with Crippen molar-refractivity contribution in [3.63, 3.8) is 0 Å². The van der Waals surface area contributed by atoms with E-state index in [2.05, 4.69) is 0 Å². The molecule has 23 heavy (non-hydrogen) atoms. The summed E-state index contributed by atoms with van der Waals surface area (Å²) in [6.07, 6.45) is 0. The van der Waals surface area contributed by atoms with Crippen LogP contribution < -0.4 is 0 Å². The average molecular weight is 314 g/mol. The van der Waals surface area contributed by atoms with Gasteiger partial charge in [-0.15, -0.1) is 0 Å². The van der Waals surface area contributed by atoms with Crippen LogP contribution in [0.4, 0.5) is 4.39 Å². The van der Waals surface area contributed by atoms with E-state index < -0.39 is 12.0 Å². The molecule has 1 saturated heterocycles. The Hall–Kier alpha value is -2.27. The van der Waals surface area contributed by atoms with E-state index in [1.165, 1.54) is 6.07 Å². The number of hydrogen-bond donors (Lipinski definition) is 0. The Morgan fingerprint density at radius 2 is 1.96 bits per heavy atom. The molecule has 1 heterocycles. The third-order valence-corrected chi connectivity index (χ3v) is 4.44. The number of rotatable bonds is 4. The molecule has 0 bridgehead atoms. The minimum Gasteiger partial charge on any atom is -0.292 e. The number of nitrogens with zero attached hydrogens (tertiary/aromatic N) is 2. The maximum Gasteiger partial charge on any atom is 0.233 e. The molecule has 2 atom stereocenters. The summed E-state index contributed by atoms with van der Waals surface area (Å²) in [6, 6.07) is 13.9. The summed E-state index contributed by atoms with van der Waals surface area (Å²) < 4.78 is 14.2. The first-order chi connectivity index (χ1) is 11.0. The minimum atomic E-state index is -0.769. The van der Waals surface area contributed by atoms with E-state index in [4.69, 9.17) is 0 Å². The van der Waals surface area contributed by atoms with Crippen molar-refractivity contribution in [2.24, 2.45) is 0 Å². The number of likely N-dealkylation sites (tertiary alicyclic amines) is 1. The molecule has 1 aliphatic rings. The lowest BCUT2D eigenvalue weighted by Crippen LogP contribution is -2.28. The molecular weight excluding hydrogens is 295 g/mol. The molecule has 0 saturated carbocycles. The maximum absolute atomic E-state index is 14.2. The Bertz CT molecular complexity index is 705. The van der Waals surface area contributed by atoms with E-state index in [1.807, 2.05) is 42.2 Å². The van der Waals surface area contributed by atoms with Crippen molar-refractivity contribution in [3.05, 3.63) is 81.2 Å². The van der Waals surface area contributed by atoms with Crippen molar-refractivity contribution in [2.75, 3.05) is 13.1 Å². The van der Waals surface area contributed by atoms with Crippen LogP contribution in [0.2, 0.25) is 0 Å². The van der Waals surface area contributed by atoms with Crippen LogP contribution in [-0.2, 0) is 6.54 Å². The summed E-state index contributed by atoms with van der Waals surface area (Å²) in [5.41, 5.74) is 2.49. The van der Waals surface area contributed by atoms with Gasteiger partial charge in [-0.25, -0.2) is 4.39 Å². The maximum atomic E-state index is 14.2. The zero-order valence-electron chi connectivity index (χ0n) is 13.0. The van der Waals surface area contributed by atoms with Crippen LogP contribution in [0.15, 0.2) is 48.5 Å².